The molecule has 2 aromatic carbocycles. The standard InChI is InChI=1S/C25H34N6O/c1-20(2)17-24(30-15-13-29(14-16-30)18-21-7-5-4-6-8-21)25-26-27-28-31(25)19-22-9-11-23(32-3)12-10-22/h4-12,20,24H,13-19H2,1-3H3/t24-/m1/s1. The minimum Gasteiger partial charge on any atom is -0.497 e. The van der Waals surface area contributed by atoms with Gasteiger partial charge in [0.1, 0.15) is 5.75 Å². The Bertz CT molecular complexity index is 948. The summed E-state index contributed by atoms with van der Waals surface area (Å²) in [6, 6.07) is 19.1. The van der Waals surface area contributed by atoms with E-state index in [1.807, 2.05) is 16.8 Å². The molecule has 1 aromatic heterocycles. The number of hydrogen-bond acceptors (Lipinski definition) is 6. The molecule has 0 saturated carbocycles. The van der Waals surface area contributed by atoms with E-state index in [1.54, 1.807) is 7.11 Å². The van der Waals surface area contributed by atoms with E-state index in [4.69, 9.17) is 4.74 Å². The molecule has 0 N–H and O–H groups in total. The average Bonchev–Trinajstić information content (AvgIpc) is 3.27. The van der Waals surface area contributed by atoms with Crippen LogP contribution in [-0.4, -0.2) is 63.3 Å². The zero-order valence-electron chi connectivity index (χ0n) is 19.4. The Morgan fingerprint density at radius 2 is 1.56 bits per heavy atom. The van der Waals surface area contributed by atoms with Crippen molar-refractivity contribution >= 4 is 0 Å². The van der Waals surface area contributed by atoms with Gasteiger partial charge < -0.3 is 4.74 Å². The summed E-state index contributed by atoms with van der Waals surface area (Å²) in [6.07, 6.45) is 1.04. The van der Waals surface area contributed by atoms with Gasteiger partial charge in [0.2, 0.25) is 0 Å². The summed E-state index contributed by atoms with van der Waals surface area (Å²) >= 11 is 0. The van der Waals surface area contributed by atoms with Crippen LogP contribution in [0, 0.1) is 5.92 Å². The molecule has 2 heterocycles. The van der Waals surface area contributed by atoms with Crippen LogP contribution < -0.4 is 4.74 Å². The Hall–Kier alpha value is -2.77. The minimum atomic E-state index is 0.224. The lowest BCUT2D eigenvalue weighted by Gasteiger charge is -2.39. The molecule has 0 amide bonds. The first-order valence-electron chi connectivity index (χ1n) is 11.5. The molecule has 7 nitrogen and oxygen atoms in total. The van der Waals surface area contributed by atoms with Crippen molar-refractivity contribution in [2.24, 2.45) is 5.92 Å². The van der Waals surface area contributed by atoms with E-state index >= 15 is 0 Å². The number of ether oxygens (including phenoxy) is 1. The molecule has 0 radical (unpaired) electrons. The number of rotatable bonds is 9. The maximum Gasteiger partial charge on any atom is 0.168 e. The van der Waals surface area contributed by atoms with E-state index in [0.29, 0.717) is 12.5 Å². The van der Waals surface area contributed by atoms with Crippen LogP contribution in [0.3, 0.4) is 0 Å². The molecule has 170 valence electrons. The zero-order chi connectivity index (χ0) is 22.3. The summed E-state index contributed by atoms with van der Waals surface area (Å²) in [5.41, 5.74) is 2.54. The van der Waals surface area contributed by atoms with Crippen LogP contribution in [0.4, 0.5) is 0 Å². The molecular weight excluding hydrogens is 400 g/mol. The minimum absolute atomic E-state index is 0.224. The highest BCUT2D eigenvalue weighted by atomic mass is 16.5. The fraction of sp³-hybridized carbons (Fsp3) is 0.480. The molecule has 0 bridgehead atoms. The molecule has 7 heteroatoms. The van der Waals surface area contributed by atoms with Crippen molar-refractivity contribution in [3.63, 3.8) is 0 Å². The summed E-state index contributed by atoms with van der Waals surface area (Å²) < 4.78 is 7.24. The van der Waals surface area contributed by atoms with Crippen LogP contribution in [0.25, 0.3) is 0 Å². The number of methoxy groups -OCH3 is 1. The Morgan fingerprint density at radius 3 is 2.22 bits per heavy atom. The van der Waals surface area contributed by atoms with Crippen molar-refractivity contribution in [2.45, 2.75) is 39.4 Å². The number of benzene rings is 2. The fourth-order valence-electron chi connectivity index (χ4n) is 4.41. The molecule has 1 aliphatic heterocycles. The molecule has 32 heavy (non-hydrogen) atoms. The smallest absolute Gasteiger partial charge is 0.168 e. The van der Waals surface area contributed by atoms with Gasteiger partial charge in [-0.2, -0.15) is 0 Å². The molecule has 1 aliphatic rings. The van der Waals surface area contributed by atoms with Crippen molar-refractivity contribution < 1.29 is 4.74 Å². The van der Waals surface area contributed by atoms with Crippen LogP contribution in [0.1, 0.15) is 43.3 Å². The average molecular weight is 435 g/mol. The molecule has 1 saturated heterocycles. The van der Waals surface area contributed by atoms with Crippen LogP contribution in [0.15, 0.2) is 54.6 Å². The largest absolute Gasteiger partial charge is 0.497 e. The summed E-state index contributed by atoms with van der Waals surface area (Å²) in [5, 5.41) is 12.9. The van der Waals surface area contributed by atoms with Gasteiger partial charge in [-0.1, -0.05) is 56.3 Å². The number of tetrazole rings is 1. The summed E-state index contributed by atoms with van der Waals surface area (Å²) in [5.74, 6) is 2.39. The Balaban J connectivity index is 1.44. The first kappa shape index (κ1) is 22.4. The van der Waals surface area contributed by atoms with Crippen molar-refractivity contribution in [1.82, 2.24) is 30.0 Å². The van der Waals surface area contributed by atoms with Gasteiger partial charge in [0, 0.05) is 32.7 Å². The number of piperazine rings is 1. The third kappa shape index (κ3) is 5.72. The summed E-state index contributed by atoms with van der Waals surface area (Å²) in [6.45, 7) is 10.4. The van der Waals surface area contributed by atoms with Gasteiger partial charge in [-0.25, -0.2) is 4.68 Å². The predicted molar refractivity (Wildman–Crippen MR) is 125 cm³/mol. The lowest BCUT2D eigenvalue weighted by Crippen LogP contribution is -2.48. The van der Waals surface area contributed by atoms with E-state index in [2.05, 4.69) is 81.6 Å². The molecule has 1 fully saturated rings. The van der Waals surface area contributed by atoms with E-state index in [9.17, 15) is 0 Å². The fourth-order valence-corrected chi connectivity index (χ4v) is 4.41. The van der Waals surface area contributed by atoms with Crippen molar-refractivity contribution in [1.29, 1.82) is 0 Å². The van der Waals surface area contributed by atoms with Gasteiger partial charge in [-0.3, -0.25) is 9.80 Å². The number of nitrogens with zero attached hydrogens (tertiary/aromatic N) is 6. The van der Waals surface area contributed by atoms with Crippen LogP contribution >= 0.6 is 0 Å². The second kappa shape index (κ2) is 10.7. The lowest BCUT2D eigenvalue weighted by molar-refractivity contribution is 0.0770. The second-order valence-electron chi connectivity index (χ2n) is 8.99. The quantitative estimate of drug-likeness (QED) is 0.513. The highest BCUT2D eigenvalue weighted by Crippen LogP contribution is 2.28. The van der Waals surface area contributed by atoms with E-state index in [1.165, 1.54) is 5.56 Å². The maximum absolute atomic E-state index is 5.28. The van der Waals surface area contributed by atoms with Gasteiger partial charge in [-0.05, 0) is 46.0 Å². The van der Waals surface area contributed by atoms with Crippen molar-refractivity contribution in [3.05, 3.63) is 71.5 Å². The molecule has 4 rings (SSSR count). The molecule has 3 aromatic rings. The van der Waals surface area contributed by atoms with E-state index in [-0.39, 0.29) is 6.04 Å². The Labute approximate surface area is 191 Å². The number of hydrogen-bond donors (Lipinski definition) is 0. The van der Waals surface area contributed by atoms with Crippen molar-refractivity contribution in [2.75, 3.05) is 33.3 Å². The molecule has 1 atom stereocenters. The van der Waals surface area contributed by atoms with Gasteiger partial charge in [0.15, 0.2) is 5.82 Å². The Kier molecular flexibility index (Phi) is 7.50. The Morgan fingerprint density at radius 1 is 0.875 bits per heavy atom. The van der Waals surface area contributed by atoms with Gasteiger partial charge in [0.05, 0.1) is 19.7 Å². The van der Waals surface area contributed by atoms with Crippen LogP contribution in [0.5, 0.6) is 5.75 Å². The van der Waals surface area contributed by atoms with Crippen molar-refractivity contribution in [3.8, 4) is 5.75 Å². The van der Waals surface area contributed by atoms with Crippen LogP contribution in [-0.2, 0) is 13.1 Å². The normalized spacial score (nSPS) is 16.4. The van der Waals surface area contributed by atoms with E-state index < -0.39 is 0 Å². The van der Waals surface area contributed by atoms with Gasteiger partial charge in [0.25, 0.3) is 0 Å². The first-order chi connectivity index (χ1) is 15.6. The SMILES string of the molecule is COc1ccc(Cn2nnnc2[C@@H](CC(C)C)N2CCN(Cc3ccccc3)CC2)cc1. The predicted octanol–water partition coefficient (Wildman–Crippen LogP) is 3.64. The molecular formula is C25H34N6O. The summed E-state index contributed by atoms with van der Waals surface area (Å²) in [4.78, 5) is 5.11. The maximum atomic E-state index is 5.28. The van der Waals surface area contributed by atoms with Gasteiger partial charge >= 0.3 is 0 Å². The lowest BCUT2D eigenvalue weighted by atomic mass is 10.0. The summed E-state index contributed by atoms with van der Waals surface area (Å²) in [7, 11) is 1.69. The van der Waals surface area contributed by atoms with E-state index in [0.717, 1.165) is 56.3 Å². The number of aromatic nitrogens is 4. The second-order valence-corrected chi connectivity index (χ2v) is 8.99. The third-order valence-electron chi connectivity index (χ3n) is 6.14. The topological polar surface area (TPSA) is 59.3 Å². The highest BCUT2D eigenvalue weighted by molar-refractivity contribution is 5.27. The molecule has 0 unspecified atom stereocenters. The zero-order valence-corrected chi connectivity index (χ0v) is 19.4. The molecule has 0 spiro atoms. The first-order valence-corrected chi connectivity index (χ1v) is 11.5. The third-order valence-corrected chi connectivity index (χ3v) is 6.14. The monoisotopic (exact) mass is 434 g/mol. The highest BCUT2D eigenvalue weighted by Gasteiger charge is 2.29. The molecule has 0 aliphatic carbocycles. The van der Waals surface area contributed by atoms with Crippen LogP contribution in [0.2, 0.25) is 0 Å². The van der Waals surface area contributed by atoms with Gasteiger partial charge in [-0.15, -0.1) is 5.10 Å².